The van der Waals surface area contributed by atoms with E-state index in [1.165, 1.54) is 13.3 Å². The number of aryl methyl sites for hydroxylation is 1. The van der Waals surface area contributed by atoms with Crippen molar-refractivity contribution in [3.05, 3.63) is 29.6 Å². The van der Waals surface area contributed by atoms with Crippen molar-refractivity contribution in [3.8, 4) is 0 Å². The largest absolute Gasteiger partial charge is 0.497 e. The van der Waals surface area contributed by atoms with E-state index in [0.717, 1.165) is 11.0 Å². The van der Waals surface area contributed by atoms with Gasteiger partial charge in [-0.05, 0) is 46.2 Å². The standard InChI is InChI=1S/C17H21BN2O4/c1-10-7-11(18-23-16(2,3)17(4,5)24-18)14-12(8-10)20-13(9-19-14)15(21)22-6/h7-9H,1-6H3. The third-order valence-electron chi connectivity index (χ3n) is 4.72. The highest BCUT2D eigenvalue weighted by Crippen LogP contribution is 2.36. The fourth-order valence-corrected chi connectivity index (χ4v) is 2.65. The van der Waals surface area contributed by atoms with Crippen molar-refractivity contribution in [2.24, 2.45) is 0 Å². The zero-order valence-electron chi connectivity index (χ0n) is 14.8. The highest BCUT2D eigenvalue weighted by atomic mass is 16.7. The first-order valence-corrected chi connectivity index (χ1v) is 7.86. The van der Waals surface area contributed by atoms with Crippen LogP contribution in [0.5, 0.6) is 0 Å². The molecule has 1 aliphatic heterocycles. The first-order valence-electron chi connectivity index (χ1n) is 7.86. The van der Waals surface area contributed by atoms with Crippen LogP contribution in [0.4, 0.5) is 0 Å². The number of carbonyl (C=O) groups excluding carboxylic acids is 1. The summed E-state index contributed by atoms with van der Waals surface area (Å²) >= 11 is 0. The number of nitrogens with zero attached hydrogens (tertiary/aromatic N) is 2. The molecule has 24 heavy (non-hydrogen) atoms. The molecular weight excluding hydrogens is 307 g/mol. The molecule has 2 aromatic rings. The van der Waals surface area contributed by atoms with E-state index >= 15 is 0 Å². The lowest BCUT2D eigenvalue weighted by Crippen LogP contribution is -2.41. The van der Waals surface area contributed by atoms with E-state index in [-0.39, 0.29) is 5.69 Å². The third kappa shape index (κ3) is 2.67. The Balaban J connectivity index is 2.11. The molecule has 6 nitrogen and oxygen atoms in total. The second-order valence-corrected chi connectivity index (χ2v) is 7.06. The van der Waals surface area contributed by atoms with Gasteiger partial charge in [0.15, 0.2) is 5.69 Å². The maximum atomic E-state index is 11.7. The number of methoxy groups -OCH3 is 1. The van der Waals surface area contributed by atoms with E-state index in [2.05, 4.69) is 9.97 Å². The molecule has 1 aromatic heterocycles. The summed E-state index contributed by atoms with van der Waals surface area (Å²) < 4.78 is 17.0. The average molecular weight is 328 g/mol. The summed E-state index contributed by atoms with van der Waals surface area (Å²) in [5.41, 5.74) is 2.38. The van der Waals surface area contributed by atoms with E-state index in [9.17, 15) is 4.79 Å². The van der Waals surface area contributed by atoms with Gasteiger partial charge in [0.1, 0.15) is 0 Å². The molecule has 1 fully saturated rings. The zero-order chi connectivity index (χ0) is 17.7. The molecule has 0 unspecified atom stereocenters. The van der Waals surface area contributed by atoms with Crippen LogP contribution in [0.1, 0.15) is 43.7 Å². The van der Waals surface area contributed by atoms with Gasteiger partial charge in [0.05, 0.1) is 35.5 Å². The van der Waals surface area contributed by atoms with E-state index in [4.69, 9.17) is 14.0 Å². The Morgan fingerprint density at radius 1 is 1.17 bits per heavy atom. The Bertz CT molecular complexity index is 804. The predicted molar refractivity (Wildman–Crippen MR) is 91.3 cm³/mol. The Kier molecular flexibility index (Phi) is 3.88. The quantitative estimate of drug-likeness (QED) is 0.620. The molecule has 0 radical (unpaired) electrons. The number of aromatic nitrogens is 2. The fraction of sp³-hybridized carbons (Fsp3) is 0.471. The van der Waals surface area contributed by atoms with Gasteiger partial charge in [-0.25, -0.2) is 9.78 Å². The SMILES string of the molecule is COC(=O)c1cnc2c(B3OC(C)(C)C(C)(C)O3)cc(C)cc2n1. The Morgan fingerprint density at radius 3 is 2.38 bits per heavy atom. The number of hydrogen-bond acceptors (Lipinski definition) is 6. The lowest BCUT2D eigenvalue weighted by molar-refractivity contribution is 0.00578. The van der Waals surface area contributed by atoms with Crippen molar-refractivity contribution < 1.29 is 18.8 Å². The van der Waals surface area contributed by atoms with E-state index in [0.29, 0.717) is 11.0 Å². The van der Waals surface area contributed by atoms with Crippen molar-refractivity contribution >= 4 is 29.6 Å². The molecule has 0 spiro atoms. The third-order valence-corrected chi connectivity index (χ3v) is 4.72. The number of benzene rings is 1. The minimum Gasteiger partial charge on any atom is -0.464 e. The van der Waals surface area contributed by atoms with Gasteiger partial charge in [-0.2, -0.15) is 0 Å². The van der Waals surface area contributed by atoms with Crippen LogP contribution in [-0.4, -0.2) is 41.4 Å². The van der Waals surface area contributed by atoms with E-state index in [1.54, 1.807) is 0 Å². The van der Waals surface area contributed by atoms with Crippen LogP contribution in [0.3, 0.4) is 0 Å². The summed E-state index contributed by atoms with van der Waals surface area (Å²) in [4.78, 5) is 20.5. The van der Waals surface area contributed by atoms with Crippen LogP contribution < -0.4 is 5.46 Å². The van der Waals surface area contributed by atoms with Crippen LogP contribution in [-0.2, 0) is 14.0 Å². The summed E-state index contributed by atoms with van der Waals surface area (Å²) in [6.07, 6.45) is 1.41. The maximum Gasteiger partial charge on any atom is 0.497 e. The topological polar surface area (TPSA) is 70.5 Å². The predicted octanol–water partition coefficient (Wildman–Crippen LogP) is 2.02. The van der Waals surface area contributed by atoms with Gasteiger partial charge in [0, 0.05) is 5.46 Å². The second-order valence-electron chi connectivity index (χ2n) is 7.06. The second kappa shape index (κ2) is 5.53. The van der Waals surface area contributed by atoms with Crippen LogP contribution >= 0.6 is 0 Å². The summed E-state index contributed by atoms with van der Waals surface area (Å²) in [5, 5.41) is 0. The molecule has 1 saturated heterocycles. The molecule has 0 saturated carbocycles. The Hall–Kier alpha value is -1.99. The highest BCUT2D eigenvalue weighted by molar-refractivity contribution is 6.64. The van der Waals surface area contributed by atoms with Gasteiger partial charge in [-0.1, -0.05) is 6.07 Å². The first kappa shape index (κ1) is 16.9. The number of ether oxygens (including phenoxy) is 1. The first-order chi connectivity index (χ1) is 11.1. The molecule has 0 aliphatic carbocycles. The minimum absolute atomic E-state index is 0.176. The number of rotatable bonds is 2. The minimum atomic E-state index is -0.532. The van der Waals surface area contributed by atoms with E-state index < -0.39 is 24.3 Å². The van der Waals surface area contributed by atoms with Gasteiger partial charge in [-0.15, -0.1) is 0 Å². The summed E-state index contributed by atoms with van der Waals surface area (Å²) in [7, 11) is 0.788. The smallest absolute Gasteiger partial charge is 0.464 e. The molecule has 0 atom stereocenters. The number of fused-ring (bicyclic) bond motifs is 1. The normalized spacial score (nSPS) is 18.8. The summed E-state index contributed by atoms with van der Waals surface area (Å²) in [6, 6.07) is 3.86. The van der Waals surface area contributed by atoms with Crippen LogP contribution in [0.2, 0.25) is 0 Å². The molecule has 0 amide bonds. The van der Waals surface area contributed by atoms with Crippen molar-refractivity contribution in [1.82, 2.24) is 9.97 Å². The Morgan fingerprint density at radius 2 is 1.79 bits per heavy atom. The highest BCUT2D eigenvalue weighted by Gasteiger charge is 2.52. The van der Waals surface area contributed by atoms with Gasteiger partial charge in [-0.3, -0.25) is 4.98 Å². The number of carbonyl (C=O) groups is 1. The fourth-order valence-electron chi connectivity index (χ4n) is 2.65. The number of hydrogen-bond donors (Lipinski definition) is 0. The molecule has 1 aromatic carbocycles. The van der Waals surface area contributed by atoms with Gasteiger partial charge in [0.25, 0.3) is 0 Å². The Labute approximate surface area is 141 Å². The zero-order valence-corrected chi connectivity index (χ0v) is 14.8. The molecule has 3 rings (SSSR count). The molecular formula is C17H21BN2O4. The lowest BCUT2D eigenvalue weighted by Gasteiger charge is -2.32. The molecule has 0 N–H and O–H groups in total. The summed E-state index contributed by atoms with van der Waals surface area (Å²) in [5.74, 6) is -0.511. The lowest BCUT2D eigenvalue weighted by atomic mass is 9.77. The van der Waals surface area contributed by atoms with Crippen LogP contribution in [0.15, 0.2) is 18.3 Å². The van der Waals surface area contributed by atoms with Crippen molar-refractivity contribution in [3.63, 3.8) is 0 Å². The van der Waals surface area contributed by atoms with Crippen LogP contribution in [0, 0.1) is 6.92 Å². The van der Waals surface area contributed by atoms with Gasteiger partial charge in [0.2, 0.25) is 0 Å². The summed E-state index contributed by atoms with van der Waals surface area (Å²) in [6.45, 7) is 9.98. The average Bonchev–Trinajstić information content (AvgIpc) is 2.73. The van der Waals surface area contributed by atoms with Crippen molar-refractivity contribution in [1.29, 1.82) is 0 Å². The molecule has 1 aliphatic rings. The number of esters is 1. The molecule has 7 heteroatoms. The van der Waals surface area contributed by atoms with Crippen molar-refractivity contribution in [2.45, 2.75) is 45.8 Å². The monoisotopic (exact) mass is 328 g/mol. The molecule has 2 heterocycles. The van der Waals surface area contributed by atoms with Crippen molar-refractivity contribution in [2.75, 3.05) is 7.11 Å². The van der Waals surface area contributed by atoms with Gasteiger partial charge >= 0.3 is 13.1 Å². The van der Waals surface area contributed by atoms with Gasteiger partial charge < -0.3 is 14.0 Å². The molecule has 0 bridgehead atoms. The van der Waals surface area contributed by atoms with Crippen LogP contribution in [0.25, 0.3) is 11.0 Å². The molecule has 126 valence electrons. The maximum absolute atomic E-state index is 11.7. The van der Waals surface area contributed by atoms with E-state index in [1.807, 2.05) is 46.8 Å².